The van der Waals surface area contributed by atoms with Crippen LogP contribution < -0.4 is 14.8 Å². The van der Waals surface area contributed by atoms with Crippen LogP contribution in [0.15, 0.2) is 23.1 Å². The number of hydrogen-bond donors (Lipinski definition) is 1. The summed E-state index contributed by atoms with van der Waals surface area (Å²) >= 11 is 1.52. The van der Waals surface area contributed by atoms with Gasteiger partial charge in [0, 0.05) is 16.9 Å². The smallest absolute Gasteiger partial charge is 0.233 e. The SMILES string of the molecule is C[C@@H](Sc1ccc2c(c1)OCCCO2)C(=O)NC(C)(C)C. The minimum absolute atomic E-state index is 0.0413. The Morgan fingerprint density at radius 2 is 1.90 bits per heavy atom. The lowest BCUT2D eigenvalue weighted by molar-refractivity contribution is -0.121. The molecule has 21 heavy (non-hydrogen) atoms. The highest BCUT2D eigenvalue weighted by atomic mass is 32.2. The molecule has 1 atom stereocenters. The molecule has 1 aliphatic rings. The summed E-state index contributed by atoms with van der Waals surface area (Å²) in [4.78, 5) is 13.1. The molecule has 1 heterocycles. The number of benzene rings is 1. The number of amides is 1. The highest BCUT2D eigenvalue weighted by Crippen LogP contribution is 2.35. The monoisotopic (exact) mass is 309 g/mol. The van der Waals surface area contributed by atoms with Gasteiger partial charge in [0.2, 0.25) is 5.91 Å². The quantitative estimate of drug-likeness (QED) is 0.871. The van der Waals surface area contributed by atoms with Crippen molar-refractivity contribution in [2.24, 2.45) is 0 Å². The molecule has 0 spiro atoms. The Labute approximate surface area is 130 Å². The van der Waals surface area contributed by atoms with Crippen molar-refractivity contribution >= 4 is 17.7 Å². The highest BCUT2D eigenvalue weighted by molar-refractivity contribution is 8.00. The van der Waals surface area contributed by atoms with Crippen molar-refractivity contribution in [1.82, 2.24) is 5.32 Å². The lowest BCUT2D eigenvalue weighted by Crippen LogP contribution is -2.44. The van der Waals surface area contributed by atoms with Crippen molar-refractivity contribution in [3.8, 4) is 11.5 Å². The van der Waals surface area contributed by atoms with E-state index < -0.39 is 0 Å². The van der Waals surface area contributed by atoms with Crippen LogP contribution in [0.3, 0.4) is 0 Å². The van der Waals surface area contributed by atoms with Gasteiger partial charge in [-0.1, -0.05) is 0 Å². The van der Waals surface area contributed by atoms with Crippen molar-refractivity contribution in [3.63, 3.8) is 0 Å². The predicted octanol–water partition coefficient (Wildman–Crippen LogP) is 3.24. The molecule has 0 radical (unpaired) electrons. The van der Waals surface area contributed by atoms with Crippen molar-refractivity contribution in [3.05, 3.63) is 18.2 Å². The van der Waals surface area contributed by atoms with E-state index in [0.29, 0.717) is 13.2 Å². The second kappa shape index (κ2) is 6.60. The maximum absolute atomic E-state index is 12.1. The Hall–Kier alpha value is -1.36. The first-order valence-corrected chi connectivity index (χ1v) is 8.11. The highest BCUT2D eigenvalue weighted by Gasteiger charge is 2.21. The Balaban J connectivity index is 2.02. The van der Waals surface area contributed by atoms with Gasteiger partial charge in [0.1, 0.15) is 0 Å². The number of rotatable bonds is 3. The maximum Gasteiger partial charge on any atom is 0.233 e. The first kappa shape index (κ1) is 16.0. The summed E-state index contributed by atoms with van der Waals surface area (Å²) in [5, 5.41) is 2.84. The van der Waals surface area contributed by atoms with E-state index in [4.69, 9.17) is 9.47 Å². The maximum atomic E-state index is 12.1. The van der Waals surface area contributed by atoms with Crippen LogP contribution >= 0.6 is 11.8 Å². The van der Waals surface area contributed by atoms with Crippen LogP contribution in [-0.2, 0) is 4.79 Å². The Kier molecular flexibility index (Phi) is 5.04. The molecule has 0 aromatic heterocycles. The van der Waals surface area contributed by atoms with Gasteiger partial charge in [-0.15, -0.1) is 11.8 Å². The number of carbonyl (C=O) groups is 1. The first-order valence-electron chi connectivity index (χ1n) is 7.23. The van der Waals surface area contributed by atoms with Gasteiger partial charge in [-0.2, -0.15) is 0 Å². The van der Waals surface area contributed by atoms with E-state index in [0.717, 1.165) is 22.8 Å². The third-order valence-electron chi connectivity index (χ3n) is 2.90. The summed E-state index contributed by atoms with van der Waals surface area (Å²) in [5.74, 6) is 1.59. The van der Waals surface area contributed by atoms with E-state index in [2.05, 4.69) is 5.32 Å². The van der Waals surface area contributed by atoms with Gasteiger partial charge in [-0.05, 0) is 45.9 Å². The lowest BCUT2D eigenvalue weighted by atomic mass is 10.1. The molecule has 4 nitrogen and oxygen atoms in total. The average Bonchev–Trinajstić information content (AvgIpc) is 2.61. The summed E-state index contributed by atoms with van der Waals surface area (Å²) in [6.45, 7) is 9.21. The van der Waals surface area contributed by atoms with Gasteiger partial charge in [0.25, 0.3) is 0 Å². The topological polar surface area (TPSA) is 47.6 Å². The second-order valence-electron chi connectivity index (χ2n) is 6.16. The molecule has 0 saturated carbocycles. The lowest BCUT2D eigenvalue weighted by Gasteiger charge is -2.23. The van der Waals surface area contributed by atoms with Crippen molar-refractivity contribution in [1.29, 1.82) is 0 Å². The zero-order valence-corrected chi connectivity index (χ0v) is 13.9. The molecule has 1 N–H and O–H groups in total. The van der Waals surface area contributed by atoms with Crippen LogP contribution in [0.25, 0.3) is 0 Å². The average molecular weight is 309 g/mol. The molecule has 1 amide bonds. The molecule has 0 fully saturated rings. The number of thioether (sulfide) groups is 1. The Morgan fingerprint density at radius 3 is 2.57 bits per heavy atom. The second-order valence-corrected chi connectivity index (χ2v) is 7.57. The van der Waals surface area contributed by atoms with Gasteiger partial charge in [-0.25, -0.2) is 0 Å². The van der Waals surface area contributed by atoms with Crippen LogP contribution in [0.4, 0.5) is 0 Å². The van der Waals surface area contributed by atoms with Crippen molar-refractivity contribution in [2.45, 2.75) is 49.8 Å². The molecular weight excluding hydrogens is 286 g/mol. The number of carbonyl (C=O) groups excluding carboxylic acids is 1. The molecule has 0 unspecified atom stereocenters. The van der Waals surface area contributed by atoms with Crippen molar-refractivity contribution in [2.75, 3.05) is 13.2 Å². The Bertz CT molecular complexity index is 511. The molecular formula is C16H23NO3S. The number of ether oxygens (including phenoxy) is 2. The molecule has 1 aliphatic heterocycles. The molecule has 0 aliphatic carbocycles. The van der Waals surface area contributed by atoms with E-state index in [1.807, 2.05) is 45.9 Å². The summed E-state index contributed by atoms with van der Waals surface area (Å²) in [6.07, 6.45) is 0.890. The van der Waals surface area contributed by atoms with Crippen molar-refractivity contribution < 1.29 is 14.3 Å². The molecule has 116 valence electrons. The fourth-order valence-corrected chi connectivity index (χ4v) is 2.84. The molecule has 0 bridgehead atoms. The van der Waals surface area contributed by atoms with E-state index in [-0.39, 0.29) is 16.7 Å². The molecule has 0 saturated heterocycles. The standard InChI is InChI=1S/C16H23NO3S/c1-11(15(18)17-16(2,3)4)21-12-6-7-13-14(10-12)20-9-5-8-19-13/h6-7,10-11H,5,8-9H2,1-4H3,(H,17,18)/t11-/m1/s1. The van der Waals surface area contributed by atoms with E-state index in [1.54, 1.807) is 0 Å². The zero-order valence-electron chi connectivity index (χ0n) is 13.1. The number of hydrogen-bond acceptors (Lipinski definition) is 4. The fourth-order valence-electron chi connectivity index (χ4n) is 1.95. The van der Waals surface area contributed by atoms with Crippen LogP contribution in [0.5, 0.6) is 11.5 Å². The van der Waals surface area contributed by atoms with E-state index in [9.17, 15) is 4.79 Å². The predicted molar refractivity (Wildman–Crippen MR) is 85.3 cm³/mol. The third kappa shape index (κ3) is 4.84. The summed E-state index contributed by atoms with van der Waals surface area (Å²) in [6, 6.07) is 5.84. The number of fused-ring (bicyclic) bond motifs is 1. The molecule has 2 rings (SSSR count). The molecule has 1 aromatic carbocycles. The third-order valence-corrected chi connectivity index (χ3v) is 3.99. The minimum Gasteiger partial charge on any atom is -0.490 e. The molecule has 5 heteroatoms. The Morgan fingerprint density at radius 1 is 1.24 bits per heavy atom. The van der Waals surface area contributed by atoms with Crippen LogP contribution in [0, 0.1) is 0 Å². The van der Waals surface area contributed by atoms with Crippen LogP contribution in [0.2, 0.25) is 0 Å². The zero-order chi connectivity index (χ0) is 15.5. The van der Waals surface area contributed by atoms with Gasteiger partial charge >= 0.3 is 0 Å². The normalized spacial score (nSPS) is 16.0. The summed E-state index contributed by atoms with van der Waals surface area (Å²) < 4.78 is 11.3. The fraction of sp³-hybridized carbons (Fsp3) is 0.562. The van der Waals surface area contributed by atoms with Gasteiger partial charge in [0.15, 0.2) is 11.5 Å². The first-order chi connectivity index (χ1) is 9.85. The minimum atomic E-state index is -0.212. The summed E-state index contributed by atoms with van der Waals surface area (Å²) in [5.41, 5.74) is -0.212. The van der Waals surface area contributed by atoms with Gasteiger partial charge in [-0.3, -0.25) is 4.79 Å². The van der Waals surface area contributed by atoms with E-state index in [1.165, 1.54) is 11.8 Å². The largest absolute Gasteiger partial charge is 0.490 e. The van der Waals surface area contributed by atoms with Gasteiger partial charge in [0.05, 0.1) is 18.5 Å². The van der Waals surface area contributed by atoms with Crippen LogP contribution in [-0.4, -0.2) is 29.9 Å². The number of nitrogens with one attached hydrogen (secondary N) is 1. The summed E-state index contributed by atoms with van der Waals surface area (Å²) in [7, 11) is 0. The molecule has 1 aromatic rings. The van der Waals surface area contributed by atoms with Gasteiger partial charge < -0.3 is 14.8 Å². The van der Waals surface area contributed by atoms with E-state index >= 15 is 0 Å². The van der Waals surface area contributed by atoms with Crippen LogP contribution in [0.1, 0.15) is 34.1 Å².